The minimum Gasteiger partial charge on any atom is -0.495 e. The molecule has 20 heavy (non-hydrogen) atoms. The molecular formula is C15H19Cl2NO2. The molecule has 0 bridgehead atoms. The molecule has 1 amide bonds. The molecule has 0 spiro atoms. The average molecular weight is 316 g/mol. The highest BCUT2D eigenvalue weighted by Crippen LogP contribution is 2.53. The van der Waals surface area contributed by atoms with Crippen LogP contribution < -0.4 is 10.1 Å². The predicted octanol–water partition coefficient (Wildman–Crippen LogP) is 4.13. The van der Waals surface area contributed by atoms with Crippen LogP contribution in [0.2, 0.25) is 0 Å². The van der Waals surface area contributed by atoms with Crippen LogP contribution in [0.15, 0.2) is 18.2 Å². The Bertz CT molecular complexity index is 535. The average Bonchev–Trinajstić information content (AvgIpc) is 2.97. The molecule has 0 saturated heterocycles. The first-order valence-electron chi connectivity index (χ1n) is 6.52. The van der Waals surface area contributed by atoms with E-state index in [1.807, 2.05) is 18.2 Å². The summed E-state index contributed by atoms with van der Waals surface area (Å²) >= 11 is 11.8. The fraction of sp³-hybridized carbons (Fsp3) is 0.533. The molecule has 1 aromatic carbocycles. The summed E-state index contributed by atoms with van der Waals surface area (Å²) in [7, 11) is 1.58. The molecule has 1 fully saturated rings. The van der Waals surface area contributed by atoms with E-state index in [9.17, 15) is 4.79 Å². The van der Waals surface area contributed by atoms with Crippen LogP contribution in [0.4, 0.5) is 5.69 Å². The van der Waals surface area contributed by atoms with Crippen molar-refractivity contribution < 1.29 is 9.53 Å². The van der Waals surface area contributed by atoms with Crippen molar-refractivity contribution in [3.8, 4) is 5.75 Å². The quantitative estimate of drug-likeness (QED) is 0.852. The first-order valence-corrected chi connectivity index (χ1v) is 7.28. The molecule has 0 heterocycles. The maximum absolute atomic E-state index is 12.1. The Morgan fingerprint density at radius 3 is 2.45 bits per heavy atom. The Balaban J connectivity index is 2.23. The van der Waals surface area contributed by atoms with Crippen LogP contribution in [-0.4, -0.2) is 17.4 Å². The van der Waals surface area contributed by atoms with E-state index in [-0.39, 0.29) is 17.2 Å². The fourth-order valence-electron chi connectivity index (χ4n) is 1.99. The van der Waals surface area contributed by atoms with E-state index >= 15 is 0 Å². The first-order chi connectivity index (χ1) is 9.15. The third-order valence-electron chi connectivity index (χ3n) is 3.47. The zero-order valence-corrected chi connectivity index (χ0v) is 13.6. The Morgan fingerprint density at radius 1 is 1.40 bits per heavy atom. The molecule has 1 saturated carbocycles. The van der Waals surface area contributed by atoms with Gasteiger partial charge in [-0.15, -0.1) is 23.2 Å². The third kappa shape index (κ3) is 3.21. The van der Waals surface area contributed by atoms with E-state index in [1.165, 1.54) is 0 Å². The Morgan fingerprint density at radius 2 is 2.00 bits per heavy atom. The topological polar surface area (TPSA) is 38.3 Å². The number of rotatable bonds is 3. The van der Waals surface area contributed by atoms with Crippen LogP contribution in [0.3, 0.4) is 0 Å². The number of nitrogens with one attached hydrogen (secondary N) is 1. The van der Waals surface area contributed by atoms with E-state index < -0.39 is 4.33 Å². The molecule has 110 valence electrons. The molecule has 5 heteroatoms. The van der Waals surface area contributed by atoms with Gasteiger partial charge in [-0.3, -0.25) is 4.79 Å². The van der Waals surface area contributed by atoms with Crippen molar-refractivity contribution in [3.05, 3.63) is 23.8 Å². The number of anilines is 1. The molecule has 0 radical (unpaired) electrons. The van der Waals surface area contributed by atoms with Crippen molar-refractivity contribution in [1.29, 1.82) is 0 Å². The molecule has 1 aliphatic rings. The van der Waals surface area contributed by atoms with Gasteiger partial charge in [0.05, 0.1) is 18.7 Å². The van der Waals surface area contributed by atoms with Gasteiger partial charge >= 0.3 is 0 Å². The molecule has 0 aromatic heterocycles. The second-order valence-electron chi connectivity index (χ2n) is 6.17. The van der Waals surface area contributed by atoms with Crippen LogP contribution in [0, 0.1) is 5.92 Å². The maximum atomic E-state index is 12.1. The highest BCUT2D eigenvalue weighted by Gasteiger charge is 2.56. The van der Waals surface area contributed by atoms with Crippen LogP contribution in [0.25, 0.3) is 0 Å². The highest BCUT2D eigenvalue weighted by atomic mass is 35.5. The van der Waals surface area contributed by atoms with Gasteiger partial charge in [0.1, 0.15) is 10.1 Å². The molecule has 1 N–H and O–H groups in total. The van der Waals surface area contributed by atoms with Crippen LogP contribution in [0.5, 0.6) is 5.75 Å². The van der Waals surface area contributed by atoms with E-state index in [1.54, 1.807) is 7.11 Å². The van der Waals surface area contributed by atoms with E-state index in [0.717, 1.165) is 5.56 Å². The number of amides is 1. The number of alkyl halides is 2. The van der Waals surface area contributed by atoms with Crippen LogP contribution in [-0.2, 0) is 10.2 Å². The van der Waals surface area contributed by atoms with Gasteiger partial charge in [-0.2, -0.15) is 0 Å². The summed E-state index contributed by atoms with van der Waals surface area (Å²) in [5.74, 6) is 0.106. The lowest BCUT2D eigenvalue weighted by Crippen LogP contribution is -2.18. The monoisotopic (exact) mass is 315 g/mol. The lowest BCUT2D eigenvalue weighted by atomic mass is 9.87. The van der Waals surface area contributed by atoms with Crippen molar-refractivity contribution >= 4 is 34.8 Å². The van der Waals surface area contributed by atoms with Gasteiger partial charge in [0.25, 0.3) is 0 Å². The summed E-state index contributed by atoms with van der Waals surface area (Å²) < 4.78 is 4.37. The van der Waals surface area contributed by atoms with Crippen molar-refractivity contribution in [2.24, 2.45) is 5.92 Å². The van der Waals surface area contributed by atoms with Crippen molar-refractivity contribution in [3.63, 3.8) is 0 Å². The fourth-order valence-corrected chi connectivity index (χ4v) is 2.50. The highest BCUT2D eigenvalue weighted by molar-refractivity contribution is 6.52. The summed E-state index contributed by atoms with van der Waals surface area (Å²) in [6, 6.07) is 5.79. The largest absolute Gasteiger partial charge is 0.495 e. The van der Waals surface area contributed by atoms with E-state index in [0.29, 0.717) is 17.9 Å². The standard InChI is InChI=1S/C15H19Cl2NO2/c1-14(2,3)9-5-6-12(20-4)11(7-9)18-13(19)10-8-15(10,16)17/h5-7,10H,8H2,1-4H3,(H,18,19). The lowest BCUT2D eigenvalue weighted by Gasteiger charge is -2.21. The summed E-state index contributed by atoms with van der Waals surface area (Å²) in [4.78, 5) is 12.1. The molecule has 3 nitrogen and oxygen atoms in total. The summed E-state index contributed by atoms with van der Waals surface area (Å²) in [5.41, 5.74) is 1.77. The van der Waals surface area contributed by atoms with Gasteiger partial charge in [0.15, 0.2) is 0 Å². The zero-order chi connectivity index (χ0) is 15.1. The Hall–Kier alpha value is -0.930. The van der Waals surface area contributed by atoms with Gasteiger partial charge in [0.2, 0.25) is 5.91 Å². The number of halogens is 2. The number of carbonyl (C=O) groups is 1. The molecule has 1 unspecified atom stereocenters. The minimum absolute atomic E-state index is 0.00590. The smallest absolute Gasteiger partial charge is 0.230 e. The summed E-state index contributed by atoms with van der Waals surface area (Å²) in [5, 5.41) is 2.86. The molecule has 1 atom stereocenters. The number of hydrogen-bond acceptors (Lipinski definition) is 2. The Labute approximate surface area is 129 Å². The van der Waals surface area contributed by atoms with Crippen molar-refractivity contribution in [2.75, 3.05) is 12.4 Å². The first kappa shape index (κ1) is 15.5. The summed E-state index contributed by atoms with van der Waals surface area (Å²) in [6.07, 6.45) is 0.489. The number of carbonyl (C=O) groups excluding carboxylic acids is 1. The van der Waals surface area contributed by atoms with E-state index in [2.05, 4.69) is 26.1 Å². The minimum atomic E-state index is -0.918. The second-order valence-corrected chi connectivity index (χ2v) is 7.71. The second kappa shape index (κ2) is 5.12. The molecule has 1 aromatic rings. The summed E-state index contributed by atoms with van der Waals surface area (Å²) in [6.45, 7) is 6.34. The number of benzene rings is 1. The number of hydrogen-bond donors (Lipinski definition) is 1. The number of methoxy groups -OCH3 is 1. The van der Waals surface area contributed by atoms with E-state index in [4.69, 9.17) is 27.9 Å². The van der Waals surface area contributed by atoms with Crippen molar-refractivity contribution in [1.82, 2.24) is 0 Å². The molecule has 1 aliphatic carbocycles. The van der Waals surface area contributed by atoms with Gasteiger partial charge in [-0.1, -0.05) is 26.8 Å². The normalized spacial score (nSPS) is 20.4. The molecular weight excluding hydrogens is 297 g/mol. The molecule has 0 aliphatic heterocycles. The van der Waals surface area contributed by atoms with Gasteiger partial charge in [-0.25, -0.2) is 0 Å². The maximum Gasteiger partial charge on any atom is 0.230 e. The lowest BCUT2D eigenvalue weighted by molar-refractivity contribution is -0.117. The SMILES string of the molecule is COc1ccc(C(C)(C)C)cc1NC(=O)C1CC1(Cl)Cl. The number of ether oxygens (including phenoxy) is 1. The van der Waals surface area contributed by atoms with Gasteiger partial charge < -0.3 is 10.1 Å². The third-order valence-corrected chi connectivity index (χ3v) is 4.30. The zero-order valence-electron chi connectivity index (χ0n) is 12.1. The van der Waals surface area contributed by atoms with Crippen LogP contribution in [0.1, 0.15) is 32.8 Å². The Kier molecular flexibility index (Phi) is 3.96. The van der Waals surface area contributed by atoms with Gasteiger partial charge in [0, 0.05) is 0 Å². The van der Waals surface area contributed by atoms with Gasteiger partial charge in [-0.05, 0) is 29.5 Å². The molecule has 2 rings (SSSR count). The van der Waals surface area contributed by atoms with Crippen LogP contribution >= 0.6 is 23.2 Å². The van der Waals surface area contributed by atoms with Crippen molar-refractivity contribution in [2.45, 2.75) is 36.9 Å². The predicted molar refractivity (Wildman–Crippen MR) is 82.9 cm³/mol.